The molecule has 1 aliphatic heterocycles. The van der Waals surface area contributed by atoms with Gasteiger partial charge in [0.1, 0.15) is 11.5 Å². The number of nitrogens with zero attached hydrogens (tertiary/aromatic N) is 6. The molecule has 1 fully saturated rings. The van der Waals surface area contributed by atoms with Crippen molar-refractivity contribution in [2.75, 3.05) is 36.4 Å². The van der Waals surface area contributed by atoms with Crippen LogP contribution in [0.5, 0.6) is 0 Å². The Balaban J connectivity index is 1.42. The lowest BCUT2D eigenvalue weighted by Crippen LogP contribution is -2.43. The van der Waals surface area contributed by atoms with E-state index in [0.717, 1.165) is 49.8 Å². The Morgan fingerprint density at radius 3 is 2.61 bits per heavy atom. The first kappa shape index (κ1) is 23.5. The maximum atomic E-state index is 13.3. The summed E-state index contributed by atoms with van der Waals surface area (Å²) in [6.45, 7) is 13.1. The summed E-state index contributed by atoms with van der Waals surface area (Å²) >= 11 is 0. The van der Waals surface area contributed by atoms with E-state index < -0.39 is 11.7 Å². The van der Waals surface area contributed by atoms with Gasteiger partial charge in [0.2, 0.25) is 11.6 Å². The van der Waals surface area contributed by atoms with E-state index >= 15 is 0 Å². The number of halogens is 3. The number of fused-ring (bicyclic) bond motifs is 1. The van der Waals surface area contributed by atoms with Crippen molar-refractivity contribution in [1.82, 2.24) is 30.2 Å². The molecule has 0 aliphatic carbocycles. The molecule has 5 rings (SSSR count). The van der Waals surface area contributed by atoms with Crippen LogP contribution in [0.25, 0.3) is 27.1 Å². The van der Waals surface area contributed by atoms with Crippen LogP contribution >= 0.6 is 0 Å². The zero-order valence-corrected chi connectivity index (χ0v) is 19.3. The van der Waals surface area contributed by atoms with Crippen molar-refractivity contribution in [3.8, 4) is 11.3 Å². The molecule has 12 heteroatoms. The van der Waals surface area contributed by atoms with E-state index in [-0.39, 0.29) is 34.4 Å². The van der Waals surface area contributed by atoms with Gasteiger partial charge < -0.3 is 20.5 Å². The van der Waals surface area contributed by atoms with Crippen molar-refractivity contribution >= 4 is 28.5 Å². The third-order valence-electron chi connectivity index (χ3n) is 6.06. The van der Waals surface area contributed by atoms with E-state index in [1.807, 2.05) is 19.1 Å². The van der Waals surface area contributed by atoms with Crippen molar-refractivity contribution in [1.29, 1.82) is 0 Å². The van der Waals surface area contributed by atoms with Crippen molar-refractivity contribution < 1.29 is 13.2 Å². The molecule has 9 nitrogen and oxygen atoms in total. The largest absolute Gasteiger partial charge is 0.417 e. The quantitative estimate of drug-likeness (QED) is 0.351. The number of nitrogens with one attached hydrogen (secondary N) is 3. The monoisotopic (exact) mass is 493 g/mol. The van der Waals surface area contributed by atoms with Crippen LogP contribution in [0.1, 0.15) is 24.1 Å². The van der Waals surface area contributed by atoms with Crippen LogP contribution in [-0.2, 0) is 6.18 Å². The molecule has 36 heavy (non-hydrogen) atoms. The highest BCUT2D eigenvalue weighted by Crippen LogP contribution is 2.37. The number of alkyl halides is 3. The molecule has 0 spiro atoms. The van der Waals surface area contributed by atoms with E-state index in [0.29, 0.717) is 5.56 Å². The Kier molecular flexibility index (Phi) is 6.15. The van der Waals surface area contributed by atoms with E-state index in [4.69, 9.17) is 6.57 Å². The molecule has 1 saturated heterocycles. The molecule has 184 valence electrons. The minimum atomic E-state index is -4.54. The molecule has 4 aromatic heterocycles. The average Bonchev–Trinajstić information content (AvgIpc) is 3.32. The minimum absolute atomic E-state index is 0.119. The summed E-state index contributed by atoms with van der Waals surface area (Å²) in [5.41, 5.74) is 0.987. The van der Waals surface area contributed by atoms with Gasteiger partial charge in [0, 0.05) is 61.9 Å². The van der Waals surface area contributed by atoms with Gasteiger partial charge in [0.15, 0.2) is 0 Å². The van der Waals surface area contributed by atoms with E-state index in [1.165, 1.54) is 12.4 Å². The summed E-state index contributed by atoms with van der Waals surface area (Å²) in [6.07, 6.45) is 0.888. The number of anilines is 2. The SMILES string of the molecule is [C-]#[N+]c1cnc(NC(C)c2ccc(N3CCNCC3)nc2)nc1-c1c[nH]c2ncc(C(F)(F)F)cc12. The first-order chi connectivity index (χ1) is 17.3. The fraction of sp³-hybridized carbons (Fsp3) is 0.292. The lowest BCUT2D eigenvalue weighted by molar-refractivity contribution is -0.137. The van der Waals surface area contributed by atoms with Crippen LogP contribution in [0.15, 0.2) is 43.0 Å². The molecular weight excluding hydrogens is 471 g/mol. The third kappa shape index (κ3) is 4.65. The van der Waals surface area contributed by atoms with Crippen molar-refractivity contribution in [3.05, 3.63) is 65.5 Å². The fourth-order valence-corrected chi connectivity index (χ4v) is 4.09. The summed E-state index contributed by atoms with van der Waals surface area (Å²) in [7, 11) is 0. The summed E-state index contributed by atoms with van der Waals surface area (Å²) in [6, 6.07) is 4.76. The number of aromatic amines is 1. The molecule has 1 unspecified atom stereocenters. The highest BCUT2D eigenvalue weighted by atomic mass is 19.4. The van der Waals surface area contributed by atoms with Crippen molar-refractivity contribution in [3.63, 3.8) is 0 Å². The summed E-state index contributed by atoms with van der Waals surface area (Å²) < 4.78 is 39.8. The zero-order valence-electron chi connectivity index (χ0n) is 19.3. The number of hydrogen-bond donors (Lipinski definition) is 3. The molecule has 1 atom stereocenters. The van der Waals surface area contributed by atoms with Gasteiger partial charge in [-0.15, -0.1) is 0 Å². The predicted molar refractivity (Wildman–Crippen MR) is 130 cm³/mol. The molecule has 0 bridgehead atoms. The van der Waals surface area contributed by atoms with Crippen molar-refractivity contribution in [2.24, 2.45) is 0 Å². The number of H-pyrrole nitrogens is 1. The summed E-state index contributed by atoms with van der Waals surface area (Å²) in [5.74, 6) is 1.16. The zero-order chi connectivity index (χ0) is 25.3. The third-order valence-corrected chi connectivity index (χ3v) is 6.06. The molecule has 0 aromatic carbocycles. The molecule has 0 radical (unpaired) electrons. The Bertz CT molecular complexity index is 1420. The Morgan fingerprint density at radius 1 is 1.11 bits per heavy atom. The van der Waals surface area contributed by atoms with Gasteiger partial charge >= 0.3 is 6.18 Å². The lowest BCUT2D eigenvalue weighted by Gasteiger charge is -2.28. The standard InChI is InChI=1S/C24H22F3N9/c1-14(15-3-4-20(30-10-15)36-7-5-29-6-8-36)34-23-33-13-19(28-2)21(35-23)18-12-32-22-17(18)9-16(11-31-22)24(25,26)27/h3-4,9-14,29H,5-8H2,1H3,(H,31,32)(H,33,34,35). The minimum Gasteiger partial charge on any atom is -0.354 e. The molecule has 4 aromatic rings. The van der Waals surface area contributed by atoms with E-state index in [9.17, 15) is 13.2 Å². The first-order valence-electron chi connectivity index (χ1n) is 11.3. The Morgan fingerprint density at radius 2 is 1.92 bits per heavy atom. The van der Waals surface area contributed by atoms with Crippen molar-refractivity contribution in [2.45, 2.75) is 19.1 Å². The van der Waals surface area contributed by atoms with E-state index in [1.54, 1.807) is 6.20 Å². The van der Waals surface area contributed by atoms with Crippen LogP contribution < -0.4 is 15.5 Å². The second-order valence-electron chi connectivity index (χ2n) is 8.41. The van der Waals surface area contributed by atoms with Gasteiger partial charge in [-0.1, -0.05) is 6.07 Å². The van der Waals surface area contributed by atoms with Gasteiger partial charge in [-0.3, -0.25) is 0 Å². The van der Waals surface area contributed by atoms with Gasteiger partial charge in [0.05, 0.1) is 23.9 Å². The molecular formula is C24H22F3N9. The smallest absolute Gasteiger partial charge is 0.354 e. The van der Waals surface area contributed by atoms with Crippen LogP contribution in [0.4, 0.5) is 30.6 Å². The lowest BCUT2D eigenvalue weighted by atomic mass is 10.1. The number of aromatic nitrogens is 5. The molecule has 5 heterocycles. The van der Waals surface area contributed by atoms with Gasteiger partial charge in [-0.25, -0.2) is 24.8 Å². The summed E-state index contributed by atoms with van der Waals surface area (Å²) in [4.78, 5) is 25.7. The number of hydrogen-bond acceptors (Lipinski definition) is 7. The van der Waals surface area contributed by atoms with Crippen LogP contribution in [0, 0.1) is 6.57 Å². The predicted octanol–water partition coefficient (Wildman–Crippen LogP) is 4.57. The van der Waals surface area contributed by atoms with Gasteiger partial charge in [0.25, 0.3) is 0 Å². The van der Waals surface area contributed by atoms with Crippen LogP contribution in [0.3, 0.4) is 0 Å². The molecule has 0 saturated carbocycles. The highest BCUT2D eigenvalue weighted by molar-refractivity contribution is 5.96. The highest BCUT2D eigenvalue weighted by Gasteiger charge is 2.31. The van der Waals surface area contributed by atoms with E-state index in [2.05, 4.69) is 45.3 Å². The topological polar surface area (TPSA) is 99.0 Å². The fourth-order valence-electron chi connectivity index (χ4n) is 4.09. The van der Waals surface area contributed by atoms with Gasteiger partial charge in [-0.05, 0) is 24.6 Å². The normalized spacial score (nSPS) is 15.0. The average molecular weight is 493 g/mol. The molecule has 0 amide bonds. The number of piperazine rings is 1. The molecule has 1 aliphatic rings. The van der Waals surface area contributed by atoms with Crippen LogP contribution in [-0.4, -0.2) is 51.1 Å². The summed E-state index contributed by atoms with van der Waals surface area (Å²) in [5, 5.41) is 6.74. The maximum absolute atomic E-state index is 13.3. The second kappa shape index (κ2) is 9.43. The first-order valence-corrected chi connectivity index (χ1v) is 11.3. The molecule has 3 N–H and O–H groups in total. The maximum Gasteiger partial charge on any atom is 0.417 e. The number of rotatable bonds is 5. The Hall–Kier alpha value is -4.24. The number of pyridine rings is 2. The Labute approximate surface area is 204 Å². The van der Waals surface area contributed by atoms with Crippen LogP contribution in [0.2, 0.25) is 0 Å². The second-order valence-corrected chi connectivity index (χ2v) is 8.41. The van der Waals surface area contributed by atoms with Gasteiger partial charge in [-0.2, -0.15) is 13.2 Å².